The maximum Gasteiger partial charge on any atom is 0.137 e. The lowest BCUT2D eigenvalue weighted by Crippen LogP contribution is -2.23. The predicted octanol–water partition coefficient (Wildman–Crippen LogP) is 4.39. The van der Waals surface area contributed by atoms with Crippen LogP contribution in [0.3, 0.4) is 0 Å². The van der Waals surface area contributed by atoms with Crippen molar-refractivity contribution in [3.8, 4) is 0 Å². The molecule has 25 heavy (non-hydrogen) atoms. The molecule has 4 nitrogen and oxygen atoms in total. The number of rotatable bonds is 7. The molecule has 0 bridgehead atoms. The molecule has 0 fully saturated rings. The molecule has 3 rings (SSSR count). The van der Waals surface area contributed by atoms with Gasteiger partial charge in [0.05, 0.1) is 5.52 Å². The second kappa shape index (κ2) is 8.08. The highest BCUT2D eigenvalue weighted by atomic mass is 15.1. The summed E-state index contributed by atoms with van der Waals surface area (Å²) < 4.78 is 0. The third-order valence-electron chi connectivity index (χ3n) is 4.64. The van der Waals surface area contributed by atoms with Crippen LogP contribution in [-0.4, -0.2) is 28.0 Å². The van der Waals surface area contributed by atoms with E-state index in [0.29, 0.717) is 0 Å². The fraction of sp³-hybridized carbons (Fsp3) is 0.333. The Morgan fingerprint density at radius 2 is 1.72 bits per heavy atom. The monoisotopic (exact) mass is 334 g/mol. The summed E-state index contributed by atoms with van der Waals surface area (Å²) in [5.41, 5.74) is 4.87. The molecule has 130 valence electrons. The number of nitrogens with one attached hydrogen (secondary N) is 1. The van der Waals surface area contributed by atoms with E-state index in [2.05, 4.69) is 77.4 Å². The molecule has 2 aromatic carbocycles. The molecule has 0 aliphatic carbocycles. The summed E-state index contributed by atoms with van der Waals surface area (Å²) >= 11 is 0. The number of hydrogen-bond acceptors (Lipinski definition) is 4. The maximum atomic E-state index is 4.45. The number of nitrogens with zero attached hydrogens (tertiary/aromatic N) is 3. The van der Waals surface area contributed by atoms with E-state index in [4.69, 9.17) is 0 Å². The van der Waals surface area contributed by atoms with Crippen molar-refractivity contribution in [1.29, 1.82) is 0 Å². The third-order valence-corrected chi connectivity index (χ3v) is 4.64. The van der Waals surface area contributed by atoms with Crippen molar-refractivity contribution in [2.75, 3.05) is 18.4 Å². The Morgan fingerprint density at radius 3 is 2.48 bits per heavy atom. The van der Waals surface area contributed by atoms with Crippen molar-refractivity contribution in [2.45, 2.75) is 33.9 Å². The van der Waals surface area contributed by atoms with Gasteiger partial charge in [-0.05, 0) is 43.3 Å². The maximum absolute atomic E-state index is 4.45. The van der Waals surface area contributed by atoms with Crippen LogP contribution in [-0.2, 0) is 13.1 Å². The van der Waals surface area contributed by atoms with Gasteiger partial charge in [-0.15, -0.1) is 0 Å². The molecule has 0 aliphatic rings. The summed E-state index contributed by atoms with van der Waals surface area (Å²) in [4.78, 5) is 11.2. The largest absolute Gasteiger partial charge is 0.365 e. The van der Waals surface area contributed by atoms with Crippen molar-refractivity contribution in [3.63, 3.8) is 0 Å². The highest BCUT2D eigenvalue weighted by Crippen LogP contribution is 2.21. The number of benzene rings is 2. The zero-order valence-electron chi connectivity index (χ0n) is 15.3. The van der Waals surface area contributed by atoms with Crippen LogP contribution >= 0.6 is 0 Å². The molecule has 0 atom stereocenters. The van der Waals surface area contributed by atoms with Gasteiger partial charge in [0.25, 0.3) is 0 Å². The van der Waals surface area contributed by atoms with E-state index >= 15 is 0 Å². The van der Waals surface area contributed by atoms with Gasteiger partial charge in [-0.1, -0.05) is 49.7 Å². The first kappa shape index (κ1) is 17.4. The first-order chi connectivity index (χ1) is 12.2. The molecule has 0 radical (unpaired) electrons. The van der Waals surface area contributed by atoms with Gasteiger partial charge in [-0.25, -0.2) is 9.97 Å². The van der Waals surface area contributed by atoms with Crippen LogP contribution in [0, 0.1) is 6.92 Å². The minimum absolute atomic E-state index is 0.761. The van der Waals surface area contributed by atoms with E-state index in [-0.39, 0.29) is 0 Å². The summed E-state index contributed by atoms with van der Waals surface area (Å²) in [7, 11) is 0. The van der Waals surface area contributed by atoms with E-state index in [9.17, 15) is 0 Å². The van der Waals surface area contributed by atoms with Gasteiger partial charge in [-0.2, -0.15) is 0 Å². The van der Waals surface area contributed by atoms with Gasteiger partial charge in [-0.3, -0.25) is 4.90 Å². The fourth-order valence-electron chi connectivity index (χ4n) is 3.06. The number of fused-ring (bicyclic) bond motifs is 1. The number of hydrogen-bond donors (Lipinski definition) is 1. The third kappa shape index (κ3) is 4.15. The smallest absolute Gasteiger partial charge is 0.137 e. The lowest BCUT2D eigenvalue weighted by molar-refractivity contribution is 0.295. The van der Waals surface area contributed by atoms with E-state index in [1.54, 1.807) is 6.33 Å². The van der Waals surface area contributed by atoms with Crippen LogP contribution in [0.2, 0.25) is 0 Å². The lowest BCUT2D eigenvalue weighted by Gasteiger charge is -2.20. The van der Waals surface area contributed by atoms with Gasteiger partial charge >= 0.3 is 0 Å². The Morgan fingerprint density at radius 1 is 0.960 bits per heavy atom. The highest BCUT2D eigenvalue weighted by molar-refractivity contribution is 5.89. The second-order valence-corrected chi connectivity index (χ2v) is 6.33. The SMILES string of the molecule is CCN(CC)Cc1ccccc1CNc1ncnc2ccc(C)cc12. The normalized spacial score (nSPS) is 11.2. The molecule has 1 heterocycles. The molecule has 4 heteroatoms. The molecule has 0 aliphatic heterocycles. The van der Waals surface area contributed by atoms with E-state index in [1.165, 1.54) is 16.7 Å². The van der Waals surface area contributed by atoms with Gasteiger partial charge < -0.3 is 5.32 Å². The van der Waals surface area contributed by atoms with Gasteiger partial charge in [0.1, 0.15) is 12.1 Å². The number of aromatic nitrogens is 2. The zero-order chi connectivity index (χ0) is 17.6. The summed E-state index contributed by atoms with van der Waals surface area (Å²) in [5.74, 6) is 0.895. The Labute approximate surface area is 149 Å². The Hall–Kier alpha value is -2.46. The van der Waals surface area contributed by atoms with Crippen molar-refractivity contribution in [2.24, 2.45) is 0 Å². The van der Waals surface area contributed by atoms with Crippen molar-refractivity contribution in [3.05, 3.63) is 65.5 Å². The van der Waals surface area contributed by atoms with Crippen LogP contribution in [0.1, 0.15) is 30.5 Å². The molecule has 0 unspecified atom stereocenters. The molecule has 0 saturated heterocycles. The minimum atomic E-state index is 0.761. The fourth-order valence-corrected chi connectivity index (χ4v) is 3.06. The van der Waals surface area contributed by atoms with Crippen LogP contribution in [0.4, 0.5) is 5.82 Å². The van der Waals surface area contributed by atoms with Crippen LogP contribution < -0.4 is 5.32 Å². The molecule has 0 spiro atoms. The van der Waals surface area contributed by atoms with Gasteiger partial charge in [0.2, 0.25) is 0 Å². The summed E-state index contributed by atoms with van der Waals surface area (Å²) in [6, 6.07) is 14.9. The second-order valence-electron chi connectivity index (χ2n) is 6.33. The summed E-state index contributed by atoms with van der Waals surface area (Å²) in [6.45, 7) is 10.4. The van der Waals surface area contributed by atoms with Crippen LogP contribution in [0.25, 0.3) is 10.9 Å². The van der Waals surface area contributed by atoms with E-state index < -0.39 is 0 Å². The van der Waals surface area contributed by atoms with Crippen molar-refractivity contribution >= 4 is 16.7 Å². The Bertz CT molecular complexity index is 840. The average molecular weight is 334 g/mol. The molecular formula is C21H26N4. The van der Waals surface area contributed by atoms with Gasteiger partial charge in [0, 0.05) is 18.5 Å². The Balaban J connectivity index is 1.82. The summed E-state index contributed by atoms with van der Waals surface area (Å²) in [6.07, 6.45) is 1.63. The summed E-state index contributed by atoms with van der Waals surface area (Å²) in [5, 5.41) is 4.58. The molecule has 1 aromatic heterocycles. The molecule has 1 N–H and O–H groups in total. The van der Waals surface area contributed by atoms with Crippen molar-refractivity contribution in [1.82, 2.24) is 14.9 Å². The van der Waals surface area contributed by atoms with Crippen LogP contribution in [0.15, 0.2) is 48.8 Å². The first-order valence-electron chi connectivity index (χ1n) is 8.95. The lowest BCUT2D eigenvalue weighted by atomic mass is 10.1. The first-order valence-corrected chi connectivity index (χ1v) is 8.95. The Kier molecular flexibility index (Phi) is 5.61. The number of aryl methyl sites for hydroxylation is 1. The van der Waals surface area contributed by atoms with E-state index in [1.807, 2.05) is 6.07 Å². The highest BCUT2D eigenvalue weighted by Gasteiger charge is 2.08. The molecule has 3 aromatic rings. The minimum Gasteiger partial charge on any atom is -0.365 e. The topological polar surface area (TPSA) is 41.0 Å². The molecule has 0 saturated carbocycles. The molecule has 0 amide bonds. The number of anilines is 1. The average Bonchev–Trinajstić information content (AvgIpc) is 2.65. The van der Waals surface area contributed by atoms with Crippen LogP contribution in [0.5, 0.6) is 0 Å². The standard InChI is InChI=1S/C21H26N4/c1-4-25(5-2)14-18-9-7-6-8-17(18)13-22-21-19-12-16(3)10-11-20(19)23-15-24-21/h6-12,15H,4-5,13-14H2,1-3H3,(H,22,23,24). The predicted molar refractivity (Wildman–Crippen MR) is 105 cm³/mol. The van der Waals surface area contributed by atoms with Crippen molar-refractivity contribution < 1.29 is 0 Å². The molecular weight excluding hydrogens is 308 g/mol. The zero-order valence-corrected chi connectivity index (χ0v) is 15.3. The quantitative estimate of drug-likeness (QED) is 0.695. The van der Waals surface area contributed by atoms with E-state index in [0.717, 1.165) is 42.9 Å². The van der Waals surface area contributed by atoms with Gasteiger partial charge in [0.15, 0.2) is 0 Å².